The maximum atomic E-state index is 11.1. The Morgan fingerprint density at radius 2 is 1.91 bits per heavy atom. The van der Waals surface area contributed by atoms with Gasteiger partial charge >= 0.3 is 0 Å². The Balaban J connectivity index is 1.58. The van der Waals surface area contributed by atoms with Gasteiger partial charge in [-0.3, -0.25) is 4.79 Å². The van der Waals surface area contributed by atoms with Crippen LogP contribution in [-0.2, 0) is 0 Å². The van der Waals surface area contributed by atoms with E-state index in [1.165, 1.54) is 57.8 Å². The fraction of sp³-hybridized carbons (Fsp3) is 0.706. The first-order valence-electron chi connectivity index (χ1n) is 8.64. The van der Waals surface area contributed by atoms with Gasteiger partial charge in [-0.05, 0) is 43.7 Å². The standard InChI is InChI=1S/C17H26N4O/c18-17(22)15-10-11-16(20-19-15)21-12-4-7-14(21)9-8-13-5-2-1-3-6-13/h10-11,13-14H,1-9,12H2,(H2,18,22). The van der Waals surface area contributed by atoms with E-state index in [0.717, 1.165) is 18.3 Å². The Kier molecular flexibility index (Phi) is 4.90. The van der Waals surface area contributed by atoms with E-state index >= 15 is 0 Å². The number of carbonyl (C=O) groups excluding carboxylic acids is 1. The zero-order valence-electron chi connectivity index (χ0n) is 13.2. The van der Waals surface area contributed by atoms with Gasteiger partial charge in [0.15, 0.2) is 11.5 Å². The van der Waals surface area contributed by atoms with Gasteiger partial charge < -0.3 is 10.6 Å². The van der Waals surface area contributed by atoms with Crippen molar-refractivity contribution in [2.75, 3.05) is 11.4 Å². The van der Waals surface area contributed by atoms with E-state index < -0.39 is 5.91 Å². The van der Waals surface area contributed by atoms with E-state index in [-0.39, 0.29) is 5.69 Å². The molecule has 1 saturated heterocycles. The maximum Gasteiger partial charge on any atom is 0.269 e. The molecule has 5 heteroatoms. The number of primary amides is 1. The molecule has 1 atom stereocenters. The van der Waals surface area contributed by atoms with Crippen LogP contribution >= 0.6 is 0 Å². The fourth-order valence-corrected chi connectivity index (χ4v) is 3.95. The van der Waals surface area contributed by atoms with Gasteiger partial charge in [0.05, 0.1) is 0 Å². The predicted octanol–water partition coefficient (Wildman–Crippen LogP) is 2.90. The van der Waals surface area contributed by atoms with Crippen molar-refractivity contribution in [3.8, 4) is 0 Å². The molecule has 1 aromatic rings. The molecular weight excluding hydrogens is 276 g/mol. The number of carbonyl (C=O) groups is 1. The van der Waals surface area contributed by atoms with Gasteiger partial charge in [-0.25, -0.2) is 0 Å². The van der Waals surface area contributed by atoms with Crippen LogP contribution in [0.25, 0.3) is 0 Å². The van der Waals surface area contributed by atoms with Crippen LogP contribution in [-0.4, -0.2) is 28.7 Å². The summed E-state index contributed by atoms with van der Waals surface area (Å²) in [6, 6.07) is 4.14. The lowest BCUT2D eigenvalue weighted by molar-refractivity contribution is 0.0994. The van der Waals surface area contributed by atoms with Crippen molar-refractivity contribution in [2.24, 2.45) is 11.7 Å². The van der Waals surface area contributed by atoms with Gasteiger partial charge in [0.2, 0.25) is 0 Å². The first-order valence-corrected chi connectivity index (χ1v) is 8.64. The monoisotopic (exact) mass is 302 g/mol. The Morgan fingerprint density at radius 3 is 2.59 bits per heavy atom. The first kappa shape index (κ1) is 15.3. The summed E-state index contributed by atoms with van der Waals surface area (Å²) in [5, 5.41) is 8.14. The second kappa shape index (κ2) is 7.07. The Labute approximate surface area is 132 Å². The summed E-state index contributed by atoms with van der Waals surface area (Å²) in [5.41, 5.74) is 5.46. The number of nitrogens with two attached hydrogens (primary N) is 1. The summed E-state index contributed by atoms with van der Waals surface area (Å²) in [6.45, 7) is 1.04. The highest BCUT2D eigenvalue weighted by Gasteiger charge is 2.27. The largest absolute Gasteiger partial charge is 0.364 e. The van der Waals surface area contributed by atoms with E-state index in [1.54, 1.807) is 6.07 Å². The van der Waals surface area contributed by atoms with Gasteiger partial charge in [-0.1, -0.05) is 32.1 Å². The zero-order chi connectivity index (χ0) is 15.4. The lowest BCUT2D eigenvalue weighted by atomic mass is 9.85. The Bertz CT molecular complexity index is 496. The third-order valence-corrected chi connectivity index (χ3v) is 5.21. The normalized spacial score (nSPS) is 22.9. The third-order valence-electron chi connectivity index (χ3n) is 5.21. The molecule has 0 radical (unpaired) electrons. The van der Waals surface area contributed by atoms with Gasteiger partial charge in [0, 0.05) is 12.6 Å². The molecule has 2 heterocycles. The second-order valence-electron chi connectivity index (χ2n) is 6.71. The molecule has 1 aliphatic carbocycles. The van der Waals surface area contributed by atoms with Crippen molar-refractivity contribution in [1.29, 1.82) is 0 Å². The first-order chi connectivity index (χ1) is 10.7. The molecule has 1 amide bonds. The summed E-state index contributed by atoms with van der Waals surface area (Å²) in [4.78, 5) is 13.4. The van der Waals surface area contributed by atoms with Crippen LogP contribution in [0.4, 0.5) is 5.82 Å². The van der Waals surface area contributed by atoms with Crippen LogP contribution in [0.3, 0.4) is 0 Å². The highest BCUT2D eigenvalue weighted by atomic mass is 16.1. The molecular formula is C17H26N4O. The smallest absolute Gasteiger partial charge is 0.269 e. The van der Waals surface area contributed by atoms with Crippen LogP contribution < -0.4 is 10.6 Å². The van der Waals surface area contributed by atoms with Crippen LogP contribution in [0.1, 0.15) is 68.3 Å². The van der Waals surface area contributed by atoms with Crippen molar-refractivity contribution in [3.63, 3.8) is 0 Å². The van der Waals surface area contributed by atoms with E-state index in [4.69, 9.17) is 5.73 Å². The molecule has 3 rings (SSSR count). The van der Waals surface area contributed by atoms with Crippen LogP contribution in [0.2, 0.25) is 0 Å². The highest BCUT2D eigenvalue weighted by molar-refractivity contribution is 5.90. The van der Waals surface area contributed by atoms with Crippen molar-refractivity contribution < 1.29 is 4.79 Å². The van der Waals surface area contributed by atoms with Crippen molar-refractivity contribution >= 4 is 11.7 Å². The van der Waals surface area contributed by atoms with Gasteiger partial charge in [0.1, 0.15) is 0 Å². The van der Waals surface area contributed by atoms with Gasteiger partial charge in [-0.15, -0.1) is 10.2 Å². The minimum Gasteiger partial charge on any atom is -0.364 e. The van der Waals surface area contributed by atoms with Crippen molar-refractivity contribution in [3.05, 3.63) is 17.8 Å². The molecule has 22 heavy (non-hydrogen) atoms. The molecule has 1 unspecified atom stereocenters. The number of hydrogen-bond acceptors (Lipinski definition) is 4. The van der Waals surface area contributed by atoms with Crippen LogP contribution in [0.15, 0.2) is 12.1 Å². The number of amides is 1. The summed E-state index contributed by atoms with van der Waals surface area (Å²) in [6.07, 6.45) is 12.1. The quantitative estimate of drug-likeness (QED) is 0.907. The maximum absolute atomic E-state index is 11.1. The predicted molar refractivity (Wildman–Crippen MR) is 86.7 cm³/mol. The third kappa shape index (κ3) is 3.57. The lowest BCUT2D eigenvalue weighted by Gasteiger charge is -2.28. The van der Waals surface area contributed by atoms with Crippen molar-refractivity contribution in [2.45, 2.75) is 63.8 Å². The zero-order valence-corrected chi connectivity index (χ0v) is 13.2. The minimum atomic E-state index is -0.519. The second-order valence-corrected chi connectivity index (χ2v) is 6.71. The lowest BCUT2D eigenvalue weighted by Crippen LogP contribution is -2.31. The molecule has 0 spiro atoms. The van der Waals surface area contributed by atoms with E-state index in [0.29, 0.717) is 6.04 Å². The molecule has 2 N–H and O–H groups in total. The number of rotatable bonds is 5. The summed E-state index contributed by atoms with van der Waals surface area (Å²) in [5.74, 6) is 1.30. The molecule has 1 saturated carbocycles. The van der Waals surface area contributed by atoms with Crippen molar-refractivity contribution in [1.82, 2.24) is 10.2 Å². The van der Waals surface area contributed by atoms with Gasteiger partial charge in [-0.2, -0.15) is 0 Å². The number of anilines is 1. The molecule has 0 aromatic carbocycles. The van der Waals surface area contributed by atoms with E-state index in [9.17, 15) is 4.79 Å². The van der Waals surface area contributed by atoms with E-state index in [2.05, 4.69) is 15.1 Å². The van der Waals surface area contributed by atoms with Crippen LogP contribution in [0.5, 0.6) is 0 Å². The van der Waals surface area contributed by atoms with Crippen LogP contribution in [0, 0.1) is 5.92 Å². The van der Waals surface area contributed by atoms with Gasteiger partial charge in [0.25, 0.3) is 5.91 Å². The highest BCUT2D eigenvalue weighted by Crippen LogP contribution is 2.32. The molecule has 1 aromatic heterocycles. The molecule has 0 bridgehead atoms. The number of aromatic nitrogens is 2. The minimum absolute atomic E-state index is 0.238. The molecule has 1 aliphatic heterocycles. The average molecular weight is 302 g/mol. The summed E-state index contributed by atoms with van der Waals surface area (Å²) in [7, 11) is 0. The molecule has 120 valence electrons. The average Bonchev–Trinajstić information content (AvgIpc) is 3.02. The number of nitrogens with zero attached hydrogens (tertiary/aromatic N) is 3. The number of hydrogen-bond donors (Lipinski definition) is 1. The summed E-state index contributed by atoms with van der Waals surface area (Å²) < 4.78 is 0. The molecule has 5 nitrogen and oxygen atoms in total. The fourth-order valence-electron chi connectivity index (χ4n) is 3.95. The SMILES string of the molecule is NC(=O)c1ccc(N2CCCC2CCC2CCCCC2)nn1. The molecule has 2 fully saturated rings. The Hall–Kier alpha value is -1.65. The van der Waals surface area contributed by atoms with E-state index in [1.807, 2.05) is 6.07 Å². The Morgan fingerprint density at radius 1 is 1.09 bits per heavy atom. The topological polar surface area (TPSA) is 72.1 Å². The summed E-state index contributed by atoms with van der Waals surface area (Å²) >= 11 is 0. The molecule has 2 aliphatic rings.